The van der Waals surface area contributed by atoms with Crippen LogP contribution in [-0.4, -0.2) is 0 Å². The van der Waals surface area contributed by atoms with Gasteiger partial charge in [-0.05, 0) is 63.0 Å². The molecule has 1 nitrogen and oxygen atoms in total. The molecule has 2 aromatic rings. The van der Waals surface area contributed by atoms with Gasteiger partial charge in [0.05, 0.1) is 6.04 Å². The second kappa shape index (κ2) is 10.5. The number of hydrogen-bond acceptors (Lipinski definition) is 1. The first-order valence-corrected chi connectivity index (χ1v) is 12.2. The summed E-state index contributed by atoms with van der Waals surface area (Å²) in [5.41, 5.74) is 9.79. The van der Waals surface area contributed by atoms with Crippen LogP contribution in [-0.2, 0) is 0 Å². The van der Waals surface area contributed by atoms with Gasteiger partial charge in [0.1, 0.15) is 0 Å². The molecular weight excluding hydrogens is 374 g/mol. The normalized spacial score (nSPS) is 13.0. The summed E-state index contributed by atoms with van der Waals surface area (Å²) >= 11 is 0. The van der Waals surface area contributed by atoms with Gasteiger partial charge in [0.25, 0.3) is 0 Å². The van der Waals surface area contributed by atoms with Crippen molar-refractivity contribution in [1.29, 1.82) is 0 Å². The van der Waals surface area contributed by atoms with Gasteiger partial charge in [0.15, 0.2) is 0 Å². The van der Waals surface area contributed by atoms with Crippen LogP contribution >= 0.6 is 0 Å². The van der Waals surface area contributed by atoms with Crippen LogP contribution in [0.3, 0.4) is 0 Å². The number of rotatable bonds is 9. The van der Waals surface area contributed by atoms with Crippen LogP contribution in [0.4, 0.5) is 5.69 Å². The molecule has 2 rings (SSSR count). The Morgan fingerprint density at radius 2 is 1.06 bits per heavy atom. The Morgan fingerprint density at radius 1 is 0.645 bits per heavy atom. The topological polar surface area (TPSA) is 12.0 Å². The van der Waals surface area contributed by atoms with E-state index < -0.39 is 0 Å². The molecule has 0 aromatic heterocycles. The zero-order valence-electron chi connectivity index (χ0n) is 21.6. The molecule has 0 fully saturated rings. The van der Waals surface area contributed by atoms with Crippen molar-refractivity contribution in [2.45, 2.75) is 105 Å². The van der Waals surface area contributed by atoms with E-state index in [1.54, 1.807) is 0 Å². The molecule has 0 saturated carbocycles. The summed E-state index contributed by atoms with van der Waals surface area (Å²) in [6, 6.07) is 11.7. The highest BCUT2D eigenvalue weighted by Crippen LogP contribution is 2.40. The van der Waals surface area contributed by atoms with Gasteiger partial charge in [-0.25, -0.2) is 0 Å². The smallest absolute Gasteiger partial charge is 0.0701 e. The molecule has 0 aliphatic carbocycles. The first kappa shape index (κ1) is 25.2. The fourth-order valence-electron chi connectivity index (χ4n) is 4.49. The summed E-state index contributed by atoms with van der Waals surface area (Å²) in [6.45, 7) is 27.2. The largest absolute Gasteiger partial charge is 0.374 e. The molecule has 0 bridgehead atoms. The Bertz CT molecular complexity index is 828. The molecule has 1 unspecified atom stereocenters. The average molecular weight is 420 g/mol. The number of benzene rings is 2. The summed E-state index contributed by atoms with van der Waals surface area (Å²) in [4.78, 5) is 0. The Balaban J connectivity index is 2.74. The third-order valence-corrected chi connectivity index (χ3v) is 6.40. The van der Waals surface area contributed by atoms with Crippen molar-refractivity contribution in [2.24, 2.45) is 0 Å². The van der Waals surface area contributed by atoms with Crippen LogP contribution in [0.25, 0.3) is 0 Å². The maximum atomic E-state index is 4.28. The second-order valence-electron chi connectivity index (χ2n) is 10.6. The molecule has 2 aromatic carbocycles. The molecule has 170 valence electrons. The monoisotopic (exact) mass is 419 g/mol. The number of hydrogen-bond donors (Lipinski definition) is 1. The minimum absolute atomic E-state index is 0.0772. The molecular formula is C30H45N. The predicted octanol–water partition coefficient (Wildman–Crippen LogP) is 9.64. The van der Waals surface area contributed by atoms with Gasteiger partial charge < -0.3 is 5.32 Å². The van der Waals surface area contributed by atoms with Crippen LogP contribution in [0.2, 0.25) is 0 Å². The molecule has 1 heteroatoms. The van der Waals surface area contributed by atoms with Crippen molar-refractivity contribution in [2.75, 3.05) is 5.32 Å². The summed E-state index contributed by atoms with van der Waals surface area (Å²) in [5, 5.41) is 3.97. The van der Waals surface area contributed by atoms with Gasteiger partial charge in [-0.2, -0.15) is 0 Å². The van der Waals surface area contributed by atoms with E-state index in [1.807, 2.05) is 0 Å². The zero-order valence-corrected chi connectivity index (χ0v) is 21.6. The van der Waals surface area contributed by atoms with Crippen molar-refractivity contribution >= 4 is 5.69 Å². The first-order chi connectivity index (χ1) is 14.5. The van der Waals surface area contributed by atoms with Gasteiger partial charge >= 0.3 is 0 Å². The van der Waals surface area contributed by atoms with Gasteiger partial charge in [-0.15, -0.1) is 6.58 Å². The summed E-state index contributed by atoms with van der Waals surface area (Å²) < 4.78 is 0. The molecule has 0 aliphatic heterocycles. The molecule has 0 radical (unpaired) electrons. The quantitative estimate of drug-likeness (QED) is 0.399. The van der Waals surface area contributed by atoms with E-state index in [4.69, 9.17) is 0 Å². The fourth-order valence-corrected chi connectivity index (χ4v) is 4.49. The number of para-hydroxylation sites is 1. The van der Waals surface area contributed by atoms with Crippen molar-refractivity contribution < 1.29 is 0 Å². The minimum Gasteiger partial charge on any atom is -0.374 e. The van der Waals surface area contributed by atoms with Gasteiger partial charge in [0, 0.05) is 5.69 Å². The maximum absolute atomic E-state index is 4.28. The molecule has 0 heterocycles. The highest BCUT2D eigenvalue weighted by atomic mass is 14.9. The molecule has 0 saturated heterocycles. The van der Waals surface area contributed by atoms with Gasteiger partial charge in [0.2, 0.25) is 0 Å². The fraction of sp³-hybridized carbons (Fsp3) is 0.533. The number of anilines is 1. The number of nitrogens with one attached hydrogen (secondary N) is 1. The summed E-state index contributed by atoms with van der Waals surface area (Å²) in [5.74, 6) is 2.36. The zero-order chi connectivity index (χ0) is 23.5. The SMILES string of the molecule is C=CC(Nc1c(C(C)C)cccc1C(C)C)c1c(C(C)C)cc(C(C)C)cc1C(C)C. The lowest BCUT2D eigenvalue weighted by molar-refractivity contribution is 0.759. The van der Waals surface area contributed by atoms with Crippen molar-refractivity contribution in [1.82, 2.24) is 0 Å². The average Bonchev–Trinajstić information content (AvgIpc) is 2.70. The highest BCUT2D eigenvalue weighted by Gasteiger charge is 2.24. The Hall–Kier alpha value is -2.02. The summed E-state index contributed by atoms with van der Waals surface area (Å²) in [6.07, 6.45) is 2.10. The molecule has 1 atom stereocenters. The van der Waals surface area contributed by atoms with Crippen LogP contribution in [0, 0.1) is 0 Å². The van der Waals surface area contributed by atoms with E-state index in [0.29, 0.717) is 29.6 Å². The predicted molar refractivity (Wildman–Crippen MR) is 140 cm³/mol. The molecule has 1 N–H and O–H groups in total. The van der Waals surface area contributed by atoms with Gasteiger partial charge in [-0.1, -0.05) is 106 Å². The lowest BCUT2D eigenvalue weighted by atomic mass is 9.81. The molecule has 31 heavy (non-hydrogen) atoms. The van der Waals surface area contributed by atoms with Crippen molar-refractivity contribution in [3.63, 3.8) is 0 Å². The van der Waals surface area contributed by atoms with Crippen LogP contribution in [0.15, 0.2) is 43.0 Å². The Morgan fingerprint density at radius 3 is 1.39 bits per heavy atom. The highest BCUT2D eigenvalue weighted by molar-refractivity contribution is 5.63. The minimum atomic E-state index is 0.0772. The van der Waals surface area contributed by atoms with Crippen LogP contribution in [0.1, 0.15) is 138 Å². The molecule has 0 amide bonds. The van der Waals surface area contributed by atoms with E-state index in [0.717, 1.165) is 0 Å². The third-order valence-electron chi connectivity index (χ3n) is 6.40. The van der Waals surface area contributed by atoms with E-state index in [-0.39, 0.29) is 6.04 Å². The van der Waals surface area contributed by atoms with E-state index >= 15 is 0 Å². The third kappa shape index (κ3) is 5.62. The lowest BCUT2D eigenvalue weighted by Crippen LogP contribution is -2.18. The Kier molecular flexibility index (Phi) is 8.57. The summed E-state index contributed by atoms with van der Waals surface area (Å²) in [7, 11) is 0. The lowest BCUT2D eigenvalue weighted by Gasteiger charge is -2.30. The van der Waals surface area contributed by atoms with Crippen molar-refractivity contribution in [3.05, 3.63) is 76.4 Å². The van der Waals surface area contributed by atoms with Crippen molar-refractivity contribution in [3.8, 4) is 0 Å². The second-order valence-corrected chi connectivity index (χ2v) is 10.6. The van der Waals surface area contributed by atoms with E-state index in [1.165, 1.54) is 39.1 Å². The first-order valence-electron chi connectivity index (χ1n) is 12.2. The maximum Gasteiger partial charge on any atom is 0.0701 e. The van der Waals surface area contributed by atoms with E-state index in [2.05, 4.69) is 118 Å². The standard InChI is InChI=1S/C30H45N/c1-12-28(31-30-24(19(4)5)14-13-15-25(30)20(6)7)29-26(21(8)9)16-23(18(2)3)17-27(29)22(10)11/h12-22,28,31H,1H2,2-11H3. The van der Waals surface area contributed by atoms with Gasteiger partial charge in [-0.3, -0.25) is 0 Å². The van der Waals surface area contributed by atoms with Crippen LogP contribution in [0.5, 0.6) is 0 Å². The van der Waals surface area contributed by atoms with E-state index in [9.17, 15) is 0 Å². The molecule has 0 spiro atoms. The Labute approximate surface area is 192 Å². The van der Waals surface area contributed by atoms with Crippen LogP contribution < -0.4 is 5.32 Å². The molecule has 0 aliphatic rings.